The molecule has 1 atom stereocenters. The van der Waals surface area contributed by atoms with Crippen LogP contribution in [0.25, 0.3) is 0 Å². The number of nitrogens with zero attached hydrogens (tertiary/aromatic N) is 2. The van der Waals surface area contributed by atoms with Crippen LogP contribution in [0.1, 0.15) is 19.8 Å². The van der Waals surface area contributed by atoms with Gasteiger partial charge in [0.15, 0.2) is 0 Å². The highest BCUT2D eigenvalue weighted by Crippen LogP contribution is 2.15. The highest BCUT2D eigenvalue weighted by Gasteiger charge is 2.17. The smallest absolute Gasteiger partial charge is 0.303 e. The van der Waals surface area contributed by atoms with E-state index >= 15 is 0 Å². The van der Waals surface area contributed by atoms with Crippen LogP contribution >= 0.6 is 0 Å². The summed E-state index contributed by atoms with van der Waals surface area (Å²) in [4.78, 5) is 14.6. The summed E-state index contributed by atoms with van der Waals surface area (Å²) >= 11 is 0. The molecule has 1 rings (SSSR count). The van der Waals surface area contributed by atoms with Crippen molar-refractivity contribution in [3.63, 3.8) is 0 Å². The van der Waals surface area contributed by atoms with Crippen molar-refractivity contribution in [1.82, 2.24) is 9.29 Å². The molecule has 1 aromatic rings. The Morgan fingerprint density at radius 1 is 1.45 bits per heavy atom. The van der Waals surface area contributed by atoms with Gasteiger partial charge in [-0.2, -0.15) is 0 Å². The molecule has 0 bridgehead atoms. The zero-order chi connectivity index (χ0) is 15.3. The molecule has 0 radical (unpaired) electrons. The molecule has 0 spiro atoms. The van der Waals surface area contributed by atoms with Crippen LogP contribution in [0.5, 0.6) is 0 Å². The van der Waals surface area contributed by atoms with Crippen LogP contribution in [0.15, 0.2) is 23.2 Å². The molecule has 0 amide bonds. The quantitative estimate of drug-likeness (QED) is 0.779. The molecule has 0 saturated carbocycles. The van der Waals surface area contributed by atoms with Crippen molar-refractivity contribution >= 4 is 21.8 Å². The van der Waals surface area contributed by atoms with Gasteiger partial charge in [0.2, 0.25) is 10.0 Å². The average molecular weight is 301 g/mol. The number of aliphatic carboxylic acids is 1. The predicted octanol–water partition coefficient (Wildman–Crippen LogP) is 0.997. The molecule has 20 heavy (non-hydrogen) atoms. The van der Waals surface area contributed by atoms with Crippen LogP contribution in [0.2, 0.25) is 0 Å². The van der Waals surface area contributed by atoms with Crippen LogP contribution in [-0.4, -0.2) is 48.9 Å². The number of hydrogen-bond acceptors (Lipinski definition) is 5. The largest absolute Gasteiger partial charge is 0.481 e. The highest BCUT2D eigenvalue weighted by atomic mass is 32.2. The molecule has 7 nitrogen and oxygen atoms in total. The molecule has 2 N–H and O–H groups in total. The van der Waals surface area contributed by atoms with Crippen molar-refractivity contribution in [2.24, 2.45) is 0 Å². The summed E-state index contributed by atoms with van der Waals surface area (Å²) in [7, 11) is -0.571. The Bertz CT molecular complexity index is 555. The minimum Gasteiger partial charge on any atom is -0.481 e. The maximum atomic E-state index is 11.8. The maximum absolute atomic E-state index is 11.8. The summed E-state index contributed by atoms with van der Waals surface area (Å²) in [5, 5.41) is 11.6. The number of hydrogen-bond donors (Lipinski definition) is 2. The Balaban J connectivity index is 2.70. The fraction of sp³-hybridized carbons (Fsp3) is 0.500. The van der Waals surface area contributed by atoms with Crippen molar-refractivity contribution < 1.29 is 18.3 Å². The first kappa shape index (κ1) is 16.4. The third-order valence-electron chi connectivity index (χ3n) is 2.70. The van der Waals surface area contributed by atoms with Crippen LogP contribution in [0.3, 0.4) is 0 Å². The minimum atomic E-state index is -3.48. The van der Waals surface area contributed by atoms with Crippen molar-refractivity contribution in [2.75, 3.05) is 19.4 Å². The Kier molecular flexibility index (Phi) is 5.46. The van der Waals surface area contributed by atoms with Crippen molar-refractivity contribution in [3.05, 3.63) is 18.3 Å². The first-order valence-corrected chi connectivity index (χ1v) is 7.54. The van der Waals surface area contributed by atoms with Gasteiger partial charge in [-0.1, -0.05) is 0 Å². The monoisotopic (exact) mass is 301 g/mol. The first-order chi connectivity index (χ1) is 9.23. The van der Waals surface area contributed by atoms with E-state index in [4.69, 9.17) is 5.11 Å². The number of carboxylic acids is 1. The van der Waals surface area contributed by atoms with Gasteiger partial charge in [-0.05, 0) is 25.5 Å². The molecular formula is C12H19N3O4S. The first-order valence-electron chi connectivity index (χ1n) is 6.10. The van der Waals surface area contributed by atoms with Crippen LogP contribution < -0.4 is 5.32 Å². The lowest BCUT2D eigenvalue weighted by molar-refractivity contribution is -0.137. The second-order valence-corrected chi connectivity index (χ2v) is 6.80. The maximum Gasteiger partial charge on any atom is 0.303 e. The molecule has 0 fully saturated rings. The van der Waals surface area contributed by atoms with E-state index in [2.05, 4.69) is 10.3 Å². The summed E-state index contributed by atoms with van der Waals surface area (Å²) in [6.07, 6.45) is 1.82. The Morgan fingerprint density at radius 2 is 2.10 bits per heavy atom. The second kappa shape index (κ2) is 6.67. The van der Waals surface area contributed by atoms with Gasteiger partial charge in [-0.25, -0.2) is 17.7 Å². The van der Waals surface area contributed by atoms with Gasteiger partial charge in [0.25, 0.3) is 0 Å². The normalized spacial score (nSPS) is 13.2. The predicted molar refractivity (Wildman–Crippen MR) is 75.1 cm³/mol. The van der Waals surface area contributed by atoms with Gasteiger partial charge >= 0.3 is 5.97 Å². The van der Waals surface area contributed by atoms with Crippen molar-refractivity contribution in [3.8, 4) is 0 Å². The van der Waals surface area contributed by atoms with E-state index in [0.29, 0.717) is 12.2 Å². The fourth-order valence-corrected chi connectivity index (χ4v) is 2.34. The fourth-order valence-electron chi connectivity index (χ4n) is 1.49. The van der Waals surface area contributed by atoms with E-state index < -0.39 is 16.0 Å². The van der Waals surface area contributed by atoms with E-state index in [0.717, 1.165) is 4.31 Å². The number of nitrogens with one attached hydrogen (secondary N) is 1. The summed E-state index contributed by atoms with van der Waals surface area (Å²) in [6.45, 7) is 1.84. The molecular weight excluding hydrogens is 282 g/mol. The lowest BCUT2D eigenvalue weighted by atomic mass is 10.2. The average Bonchev–Trinajstić information content (AvgIpc) is 2.37. The van der Waals surface area contributed by atoms with E-state index in [1.54, 1.807) is 6.07 Å². The second-order valence-electron chi connectivity index (χ2n) is 4.64. The molecule has 1 heterocycles. The molecule has 112 valence electrons. The van der Waals surface area contributed by atoms with Gasteiger partial charge in [0.05, 0.1) is 0 Å². The van der Waals surface area contributed by atoms with Crippen LogP contribution in [0, 0.1) is 0 Å². The SMILES string of the molecule is CC(CCC(=O)O)Nc1ccc(S(=O)(=O)N(C)C)cn1. The number of sulfonamides is 1. The zero-order valence-electron chi connectivity index (χ0n) is 11.7. The van der Waals surface area contributed by atoms with Gasteiger partial charge in [-0.15, -0.1) is 0 Å². The number of carbonyl (C=O) groups is 1. The molecule has 0 aliphatic rings. The lowest BCUT2D eigenvalue weighted by Gasteiger charge is -2.14. The van der Waals surface area contributed by atoms with E-state index in [-0.39, 0.29) is 17.4 Å². The molecule has 0 saturated heterocycles. The standard InChI is InChI=1S/C12H19N3O4S/c1-9(4-7-12(16)17)14-11-6-5-10(8-13-11)20(18,19)15(2)3/h5-6,8-9H,4,7H2,1-3H3,(H,13,14)(H,16,17). The molecule has 0 aromatic carbocycles. The number of carboxylic acid groups (broad SMARTS) is 1. The molecule has 0 aliphatic heterocycles. The van der Waals surface area contributed by atoms with Crippen molar-refractivity contribution in [1.29, 1.82) is 0 Å². The summed E-state index contributed by atoms with van der Waals surface area (Å²) in [5.74, 6) is -0.334. The van der Waals surface area contributed by atoms with E-state index in [9.17, 15) is 13.2 Å². The third kappa shape index (κ3) is 4.46. The van der Waals surface area contributed by atoms with Gasteiger partial charge in [-0.3, -0.25) is 4.79 Å². The molecule has 1 unspecified atom stereocenters. The topological polar surface area (TPSA) is 99.6 Å². The molecule has 8 heteroatoms. The lowest BCUT2D eigenvalue weighted by Crippen LogP contribution is -2.22. The Labute approximate surface area is 118 Å². The van der Waals surface area contributed by atoms with Gasteiger partial charge in [0, 0.05) is 32.8 Å². The minimum absolute atomic E-state index is 0.0603. The van der Waals surface area contributed by atoms with Crippen LogP contribution in [0.4, 0.5) is 5.82 Å². The number of anilines is 1. The number of rotatable bonds is 7. The number of pyridine rings is 1. The third-order valence-corrected chi connectivity index (χ3v) is 4.50. The van der Waals surface area contributed by atoms with Gasteiger partial charge < -0.3 is 10.4 Å². The van der Waals surface area contributed by atoms with E-state index in [1.165, 1.54) is 26.4 Å². The molecule has 0 aliphatic carbocycles. The summed E-state index contributed by atoms with van der Waals surface area (Å²) < 4.78 is 24.8. The number of aromatic nitrogens is 1. The summed E-state index contributed by atoms with van der Waals surface area (Å²) in [5.41, 5.74) is 0. The zero-order valence-corrected chi connectivity index (χ0v) is 12.5. The van der Waals surface area contributed by atoms with Gasteiger partial charge in [0.1, 0.15) is 10.7 Å². The Hall–Kier alpha value is -1.67. The van der Waals surface area contributed by atoms with Crippen LogP contribution in [-0.2, 0) is 14.8 Å². The van der Waals surface area contributed by atoms with E-state index in [1.807, 2.05) is 6.92 Å². The van der Waals surface area contributed by atoms with Crippen molar-refractivity contribution in [2.45, 2.75) is 30.7 Å². The Morgan fingerprint density at radius 3 is 2.55 bits per heavy atom. The highest BCUT2D eigenvalue weighted by molar-refractivity contribution is 7.89. The molecule has 1 aromatic heterocycles. The summed E-state index contributed by atoms with van der Waals surface area (Å²) in [6, 6.07) is 2.97.